The zero-order chi connectivity index (χ0) is 23.6. The first-order valence-electron chi connectivity index (χ1n) is 10.8. The van der Waals surface area contributed by atoms with Crippen molar-refractivity contribution in [1.29, 1.82) is 0 Å². The van der Waals surface area contributed by atoms with Gasteiger partial charge in [0, 0.05) is 18.1 Å². The van der Waals surface area contributed by atoms with Crippen LogP contribution in [0.3, 0.4) is 0 Å². The summed E-state index contributed by atoms with van der Waals surface area (Å²) in [5.74, 6) is 1.26. The zero-order valence-electron chi connectivity index (χ0n) is 18.8. The number of nitrogens with zero attached hydrogens (tertiary/aromatic N) is 4. The van der Waals surface area contributed by atoms with Gasteiger partial charge in [-0.1, -0.05) is 19.1 Å². The van der Waals surface area contributed by atoms with E-state index in [9.17, 15) is 15.2 Å². The molecule has 3 aromatic rings. The van der Waals surface area contributed by atoms with Gasteiger partial charge in [-0.05, 0) is 50.1 Å². The average Bonchev–Trinajstić information content (AvgIpc) is 3.42. The Balaban J connectivity index is 1.82. The molecule has 0 spiro atoms. The summed E-state index contributed by atoms with van der Waals surface area (Å²) in [4.78, 5) is 15.0. The maximum atomic E-state index is 11.5. The number of benzene rings is 2. The van der Waals surface area contributed by atoms with Crippen molar-refractivity contribution >= 4 is 17.5 Å². The Morgan fingerprint density at radius 3 is 2.88 bits per heavy atom. The first-order valence-corrected chi connectivity index (χ1v) is 10.8. The molecule has 33 heavy (non-hydrogen) atoms. The maximum absolute atomic E-state index is 11.5. The molecule has 1 aliphatic heterocycles. The van der Waals surface area contributed by atoms with Crippen LogP contribution in [0.2, 0.25) is 0 Å². The molecule has 0 saturated heterocycles. The van der Waals surface area contributed by atoms with Crippen molar-refractivity contribution in [2.24, 2.45) is 0 Å². The van der Waals surface area contributed by atoms with E-state index in [-0.39, 0.29) is 11.3 Å². The normalized spacial score (nSPS) is 15.6. The Morgan fingerprint density at radius 2 is 2.18 bits per heavy atom. The van der Waals surface area contributed by atoms with Gasteiger partial charge in [-0.25, -0.2) is 9.67 Å². The van der Waals surface area contributed by atoms with Gasteiger partial charge in [0.2, 0.25) is 0 Å². The predicted octanol–water partition coefficient (Wildman–Crippen LogP) is 4.42. The minimum Gasteiger partial charge on any atom is -0.490 e. The zero-order valence-corrected chi connectivity index (χ0v) is 18.8. The minimum atomic E-state index is -1.15. The molecule has 2 heterocycles. The van der Waals surface area contributed by atoms with Gasteiger partial charge in [-0.3, -0.25) is 10.1 Å². The summed E-state index contributed by atoms with van der Waals surface area (Å²) in [5, 5.41) is 27.1. The summed E-state index contributed by atoms with van der Waals surface area (Å²) >= 11 is 0. The van der Waals surface area contributed by atoms with Crippen LogP contribution >= 0.6 is 0 Å². The molecule has 0 radical (unpaired) electrons. The number of para-hydroxylation sites is 1. The Morgan fingerprint density at radius 1 is 1.39 bits per heavy atom. The van der Waals surface area contributed by atoms with E-state index in [2.05, 4.69) is 10.1 Å². The van der Waals surface area contributed by atoms with E-state index < -0.39 is 11.0 Å². The molecule has 172 valence electrons. The smallest absolute Gasteiger partial charge is 0.276 e. The number of aliphatic hydroxyl groups excluding tert-OH is 1. The number of aliphatic hydroxyl groups is 1. The van der Waals surface area contributed by atoms with Crippen molar-refractivity contribution in [3.05, 3.63) is 75.9 Å². The summed E-state index contributed by atoms with van der Waals surface area (Å²) in [6.07, 6.45) is 4.68. The van der Waals surface area contributed by atoms with Crippen LogP contribution in [0.25, 0.3) is 11.8 Å². The monoisotopic (exact) mass is 450 g/mol. The second-order valence-corrected chi connectivity index (χ2v) is 8.52. The fraction of sp³-hybridized carbons (Fsp3) is 0.333. The van der Waals surface area contributed by atoms with E-state index in [4.69, 9.17) is 9.47 Å². The highest BCUT2D eigenvalue weighted by molar-refractivity contribution is 5.77. The standard InChI is InChI=1S/C24H26N4O5/c1-4-9-32-21-12-17(10-18-13-24(2,3)33-23(18)21)22(29)20(27-15-25-14-26-27)11-16-7-5-6-8-19(16)28(30)31/h5-8,10-12,14-15,22,29H,4,9,13H2,1-3H3. The molecule has 0 saturated carbocycles. The van der Waals surface area contributed by atoms with Crippen LogP contribution in [-0.2, 0) is 6.42 Å². The third kappa shape index (κ3) is 4.73. The highest BCUT2D eigenvalue weighted by Crippen LogP contribution is 2.45. The number of rotatable bonds is 8. The van der Waals surface area contributed by atoms with Crippen LogP contribution in [0.4, 0.5) is 5.69 Å². The third-order valence-electron chi connectivity index (χ3n) is 5.33. The summed E-state index contributed by atoms with van der Waals surface area (Å²) in [7, 11) is 0. The van der Waals surface area contributed by atoms with E-state index in [0.717, 1.165) is 12.0 Å². The molecule has 1 atom stereocenters. The topological polar surface area (TPSA) is 113 Å². The van der Waals surface area contributed by atoms with Crippen molar-refractivity contribution in [2.75, 3.05) is 6.61 Å². The van der Waals surface area contributed by atoms with Gasteiger partial charge < -0.3 is 14.6 Å². The lowest BCUT2D eigenvalue weighted by molar-refractivity contribution is -0.385. The molecule has 0 aliphatic carbocycles. The molecule has 9 nitrogen and oxygen atoms in total. The molecule has 9 heteroatoms. The minimum absolute atomic E-state index is 0.0709. The predicted molar refractivity (Wildman–Crippen MR) is 123 cm³/mol. The Hall–Kier alpha value is -3.72. The number of aromatic nitrogens is 3. The Labute approximate surface area is 191 Å². The fourth-order valence-corrected chi connectivity index (χ4v) is 3.90. The van der Waals surface area contributed by atoms with Crippen LogP contribution in [0.15, 0.2) is 49.1 Å². The van der Waals surface area contributed by atoms with E-state index in [1.807, 2.05) is 26.8 Å². The molecule has 0 bridgehead atoms. The van der Waals surface area contributed by atoms with Gasteiger partial charge in [0.05, 0.1) is 22.8 Å². The first-order chi connectivity index (χ1) is 15.8. The Bertz CT molecular complexity index is 1190. The summed E-state index contributed by atoms with van der Waals surface area (Å²) in [5.41, 5.74) is 1.72. The molecule has 0 amide bonds. The highest BCUT2D eigenvalue weighted by Gasteiger charge is 2.34. The lowest BCUT2D eigenvalue weighted by Crippen LogP contribution is -2.24. The maximum Gasteiger partial charge on any atom is 0.276 e. The second-order valence-electron chi connectivity index (χ2n) is 8.52. The van der Waals surface area contributed by atoms with E-state index in [1.54, 1.807) is 30.3 Å². The van der Waals surface area contributed by atoms with Crippen molar-refractivity contribution in [2.45, 2.75) is 45.3 Å². The first kappa shape index (κ1) is 22.5. The lowest BCUT2D eigenvalue weighted by atomic mass is 9.96. The van der Waals surface area contributed by atoms with E-state index in [1.165, 1.54) is 23.4 Å². The van der Waals surface area contributed by atoms with E-state index >= 15 is 0 Å². The van der Waals surface area contributed by atoms with Crippen molar-refractivity contribution in [3.63, 3.8) is 0 Å². The van der Waals surface area contributed by atoms with Crippen molar-refractivity contribution in [3.8, 4) is 11.5 Å². The van der Waals surface area contributed by atoms with E-state index in [0.29, 0.717) is 41.4 Å². The number of nitro groups is 1. The molecule has 1 aliphatic rings. The van der Waals surface area contributed by atoms with Crippen molar-refractivity contribution < 1.29 is 19.5 Å². The highest BCUT2D eigenvalue weighted by atomic mass is 16.6. The number of nitro benzene ring substituents is 1. The van der Waals surface area contributed by atoms with Gasteiger partial charge in [0.1, 0.15) is 24.4 Å². The van der Waals surface area contributed by atoms with Crippen LogP contribution < -0.4 is 9.47 Å². The van der Waals surface area contributed by atoms with Crippen LogP contribution in [0, 0.1) is 10.1 Å². The van der Waals surface area contributed by atoms with Crippen LogP contribution in [0.5, 0.6) is 11.5 Å². The second kappa shape index (κ2) is 9.03. The molecular weight excluding hydrogens is 424 g/mol. The Kier molecular flexibility index (Phi) is 6.15. The van der Waals surface area contributed by atoms with Crippen LogP contribution in [-0.4, -0.2) is 37.0 Å². The van der Waals surface area contributed by atoms with Gasteiger partial charge in [0.15, 0.2) is 11.5 Å². The SMILES string of the molecule is CCCOc1cc(C(O)C(=Cc2ccccc2[N+](=O)[O-])n2cncn2)cc2c1OC(C)(C)C2. The average molecular weight is 450 g/mol. The summed E-state index contributed by atoms with van der Waals surface area (Å²) in [6, 6.07) is 9.98. The lowest BCUT2D eigenvalue weighted by Gasteiger charge is -2.19. The molecular formula is C24H26N4O5. The van der Waals surface area contributed by atoms with Crippen LogP contribution in [0.1, 0.15) is 50.0 Å². The van der Waals surface area contributed by atoms with Gasteiger partial charge >= 0.3 is 0 Å². The largest absolute Gasteiger partial charge is 0.490 e. The van der Waals surface area contributed by atoms with Gasteiger partial charge in [0.25, 0.3) is 5.69 Å². The molecule has 1 unspecified atom stereocenters. The number of fused-ring (bicyclic) bond motifs is 1. The summed E-state index contributed by atoms with van der Waals surface area (Å²) < 4.78 is 13.5. The van der Waals surface area contributed by atoms with Crippen molar-refractivity contribution in [1.82, 2.24) is 14.8 Å². The molecule has 2 aromatic carbocycles. The molecule has 0 fully saturated rings. The number of hydrogen-bond acceptors (Lipinski definition) is 7. The molecule has 4 rings (SSSR count). The number of hydrogen-bond donors (Lipinski definition) is 1. The van der Waals surface area contributed by atoms with Gasteiger partial charge in [-0.15, -0.1) is 0 Å². The third-order valence-corrected chi connectivity index (χ3v) is 5.33. The fourth-order valence-electron chi connectivity index (χ4n) is 3.90. The molecule has 1 N–H and O–H groups in total. The molecule has 1 aromatic heterocycles. The summed E-state index contributed by atoms with van der Waals surface area (Å²) in [6.45, 7) is 6.53. The quantitative estimate of drug-likeness (QED) is 0.399. The van der Waals surface area contributed by atoms with Gasteiger partial charge in [-0.2, -0.15) is 5.10 Å². The number of ether oxygens (including phenoxy) is 2.